The molecule has 0 saturated heterocycles. The van der Waals surface area contributed by atoms with Crippen LogP contribution in [0.3, 0.4) is 0 Å². The summed E-state index contributed by atoms with van der Waals surface area (Å²) in [5, 5.41) is 3.08. The summed E-state index contributed by atoms with van der Waals surface area (Å²) >= 11 is 0. The maximum Gasteiger partial charge on any atom is 0.247 e. The van der Waals surface area contributed by atoms with E-state index in [0.29, 0.717) is 6.54 Å². The number of carbonyl (C=O) groups is 2. The normalized spacial score (nSPS) is 14.2. The minimum atomic E-state index is -0.648. The van der Waals surface area contributed by atoms with E-state index in [1.54, 1.807) is 4.90 Å². The molecule has 2 unspecified atom stereocenters. The number of nitrogens with zero attached hydrogens (tertiary/aromatic N) is 1. The Morgan fingerprint density at radius 3 is 2.28 bits per heavy atom. The Morgan fingerprint density at radius 1 is 1.20 bits per heavy atom. The maximum absolute atomic E-state index is 13.0. The van der Waals surface area contributed by atoms with E-state index >= 15 is 0 Å². The Balaban J connectivity index is 5.46. The summed E-state index contributed by atoms with van der Waals surface area (Å²) in [5.74, 6) is -0.266. The lowest BCUT2D eigenvalue weighted by atomic mass is 9.97. The molecule has 4 nitrogen and oxygen atoms in total. The van der Waals surface area contributed by atoms with Crippen molar-refractivity contribution in [3.8, 4) is 0 Å². The summed E-state index contributed by atoms with van der Waals surface area (Å²) in [6.07, 6.45) is 10.00. The maximum atomic E-state index is 13.0. The molecule has 0 heterocycles. The first kappa shape index (κ1) is 23.2. The van der Waals surface area contributed by atoms with Gasteiger partial charge < -0.3 is 10.2 Å². The molecule has 0 saturated carbocycles. The van der Waals surface area contributed by atoms with Crippen molar-refractivity contribution in [3.05, 3.63) is 36.0 Å². The van der Waals surface area contributed by atoms with Crippen LogP contribution < -0.4 is 5.32 Å². The Kier molecular flexibility index (Phi) is 11.6. The molecule has 0 bridgehead atoms. The molecule has 0 radical (unpaired) electrons. The molecule has 142 valence electrons. The smallest absolute Gasteiger partial charge is 0.247 e. The molecule has 0 aliphatic carbocycles. The fourth-order valence-electron chi connectivity index (χ4n) is 2.82. The van der Waals surface area contributed by atoms with Crippen LogP contribution in [-0.4, -0.2) is 35.3 Å². The van der Waals surface area contributed by atoms with Gasteiger partial charge in [0, 0.05) is 19.5 Å². The summed E-state index contributed by atoms with van der Waals surface area (Å²) in [6, 6.07) is -0.565. The molecule has 0 rings (SSSR count). The second-order valence-corrected chi connectivity index (χ2v) is 6.57. The molecular weight excluding hydrogens is 312 g/mol. The number of amides is 2. The predicted octanol–water partition coefficient (Wildman–Crippen LogP) is 4.39. The van der Waals surface area contributed by atoms with Gasteiger partial charge in [-0.3, -0.25) is 9.59 Å². The number of hydrogen-bond acceptors (Lipinski definition) is 2. The van der Waals surface area contributed by atoms with Gasteiger partial charge in [0.15, 0.2) is 0 Å². The van der Waals surface area contributed by atoms with Crippen LogP contribution in [0.2, 0.25) is 0 Å². The van der Waals surface area contributed by atoms with Gasteiger partial charge in [-0.2, -0.15) is 0 Å². The SMILES string of the molecule is C=C(C)C(=CC)C(C(=O)NC(C)CCCCC)N(CC=CC)C(C)=O. The second kappa shape index (κ2) is 12.5. The molecule has 0 fully saturated rings. The van der Waals surface area contributed by atoms with Gasteiger partial charge in [-0.1, -0.05) is 56.6 Å². The molecule has 0 aliphatic rings. The quantitative estimate of drug-likeness (QED) is 0.342. The number of allylic oxidation sites excluding steroid dienone is 2. The highest BCUT2D eigenvalue weighted by Crippen LogP contribution is 2.19. The van der Waals surface area contributed by atoms with Gasteiger partial charge in [-0.05, 0) is 39.7 Å². The first-order valence-corrected chi connectivity index (χ1v) is 9.30. The van der Waals surface area contributed by atoms with Crippen molar-refractivity contribution in [2.24, 2.45) is 0 Å². The summed E-state index contributed by atoms with van der Waals surface area (Å²) in [7, 11) is 0. The molecular formula is C21H36N2O2. The molecule has 0 aromatic carbocycles. The first-order chi connectivity index (χ1) is 11.8. The van der Waals surface area contributed by atoms with Crippen LogP contribution in [0.4, 0.5) is 0 Å². The minimum Gasteiger partial charge on any atom is -0.352 e. The lowest BCUT2D eigenvalue weighted by molar-refractivity contribution is -0.137. The highest BCUT2D eigenvalue weighted by molar-refractivity contribution is 5.90. The number of unbranched alkanes of at least 4 members (excludes halogenated alkanes) is 2. The van der Waals surface area contributed by atoms with Crippen molar-refractivity contribution in [1.29, 1.82) is 0 Å². The summed E-state index contributed by atoms with van der Waals surface area (Å²) < 4.78 is 0. The van der Waals surface area contributed by atoms with Gasteiger partial charge in [0.05, 0.1) is 0 Å². The Labute approximate surface area is 154 Å². The van der Waals surface area contributed by atoms with Crippen molar-refractivity contribution in [2.45, 2.75) is 79.3 Å². The average molecular weight is 349 g/mol. The molecule has 0 aromatic heterocycles. The first-order valence-electron chi connectivity index (χ1n) is 9.30. The highest BCUT2D eigenvalue weighted by Gasteiger charge is 2.31. The van der Waals surface area contributed by atoms with E-state index in [2.05, 4.69) is 18.8 Å². The van der Waals surface area contributed by atoms with Gasteiger partial charge in [0.25, 0.3) is 0 Å². The molecule has 2 amide bonds. The standard InChI is InChI=1S/C21H36N2O2/c1-8-11-13-14-17(6)22-21(25)20(19(10-3)16(4)5)23(18(7)24)15-12-9-2/h9-10,12,17,20H,4,8,11,13-15H2,1-3,5-7H3,(H,22,25). The third-order valence-electron chi connectivity index (χ3n) is 4.23. The van der Waals surface area contributed by atoms with Crippen LogP contribution in [0.25, 0.3) is 0 Å². The molecule has 0 aliphatic heterocycles. The van der Waals surface area contributed by atoms with Crippen LogP contribution in [0.5, 0.6) is 0 Å². The topological polar surface area (TPSA) is 49.4 Å². The van der Waals surface area contributed by atoms with Crippen molar-refractivity contribution >= 4 is 11.8 Å². The zero-order valence-electron chi connectivity index (χ0n) is 16.9. The van der Waals surface area contributed by atoms with E-state index in [9.17, 15) is 9.59 Å². The van der Waals surface area contributed by atoms with Crippen LogP contribution in [-0.2, 0) is 9.59 Å². The zero-order valence-corrected chi connectivity index (χ0v) is 16.9. The van der Waals surface area contributed by atoms with Crippen LogP contribution >= 0.6 is 0 Å². The van der Waals surface area contributed by atoms with Gasteiger partial charge in [-0.15, -0.1) is 0 Å². The molecule has 0 aromatic rings. The van der Waals surface area contributed by atoms with E-state index in [4.69, 9.17) is 0 Å². The lowest BCUT2D eigenvalue weighted by Crippen LogP contribution is -2.52. The fraction of sp³-hybridized carbons (Fsp3) is 0.619. The highest BCUT2D eigenvalue weighted by atomic mass is 16.2. The summed E-state index contributed by atoms with van der Waals surface area (Å²) in [4.78, 5) is 26.8. The van der Waals surface area contributed by atoms with E-state index in [1.807, 2.05) is 45.9 Å². The number of carbonyl (C=O) groups excluding carboxylic acids is 2. The van der Waals surface area contributed by atoms with Crippen molar-refractivity contribution in [1.82, 2.24) is 10.2 Å². The van der Waals surface area contributed by atoms with Crippen molar-refractivity contribution < 1.29 is 9.59 Å². The molecule has 4 heteroatoms. The molecule has 2 atom stereocenters. The summed E-state index contributed by atoms with van der Waals surface area (Å²) in [6.45, 7) is 15.7. The van der Waals surface area contributed by atoms with Crippen LogP contribution in [0.15, 0.2) is 36.0 Å². The summed E-state index contributed by atoms with van der Waals surface area (Å²) in [5.41, 5.74) is 1.59. The number of nitrogens with one attached hydrogen (secondary N) is 1. The molecule has 1 N–H and O–H groups in total. The fourth-order valence-corrected chi connectivity index (χ4v) is 2.82. The van der Waals surface area contributed by atoms with Crippen molar-refractivity contribution in [3.63, 3.8) is 0 Å². The van der Waals surface area contributed by atoms with E-state index in [-0.39, 0.29) is 17.9 Å². The Morgan fingerprint density at radius 2 is 1.84 bits per heavy atom. The molecule has 0 spiro atoms. The largest absolute Gasteiger partial charge is 0.352 e. The number of rotatable bonds is 11. The van der Waals surface area contributed by atoms with Crippen molar-refractivity contribution in [2.75, 3.05) is 6.54 Å². The van der Waals surface area contributed by atoms with E-state index in [0.717, 1.165) is 36.8 Å². The minimum absolute atomic E-state index is 0.0836. The van der Waals surface area contributed by atoms with E-state index in [1.165, 1.54) is 6.92 Å². The van der Waals surface area contributed by atoms with Crippen LogP contribution in [0, 0.1) is 0 Å². The Bertz CT molecular complexity index is 506. The third kappa shape index (κ3) is 8.19. The predicted molar refractivity (Wildman–Crippen MR) is 106 cm³/mol. The van der Waals surface area contributed by atoms with Gasteiger partial charge in [0.2, 0.25) is 11.8 Å². The van der Waals surface area contributed by atoms with E-state index < -0.39 is 6.04 Å². The van der Waals surface area contributed by atoms with Gasteiger partial charge >= 0.3 is 0 Å². The van der Waals surface area contributed by atoms with Gasteiger partial charge in [0.1, 0.15) is 6.04 Å². The lowest BCUT2D eigenvalue weighted by Gasteiger charge is -2.32. The Hall–Kier alpha value is -1.84. The third-order valence-corrected chi connectivity index (χ3v) is 4.23. The van der Waals surface area contributed by atoms with Gasteiger partial charge in [-0.25, -0.2) is 0 Å². The second-order valence-electron chi connectivity index (χ2n) is 6.57. The average Bonchev–Trinajstić information content (AvgIpc) is 2.53. The monoisotopic (exact) mass is 348 g/mol. The zero-order chi connectivity index (χ0) is 19.4. The molecule has 25 heavy (non-hydrogen) atoms. The van der Waals surface area contributed by atoms with Crippen LogP contribution in [0.1, 0.15) is 67.2 Å². The number of hydrogen-bond donors (Lipinski definition) is 1.